The van der Waals surface area contributed by atoms with Gasteiger partial charge in [-0.05, 0) is 32.2 Å². The minimum atomic E-state index is -0.138. The fraction of sp³-hybridized carbons (Fsp3) is 0.909. The van der Waals surface area contributed by atoms with Gasteiger partial charge < -0.3 is 5.11 Å². The number of β-amino-alcohol motifs (C(OH)–C–C–N with tert-alkyl or cyclic N) is 1. The van der Waals surface area contributed by atoms with Crippen molar-refractivity contribution in [1.29, 1.82) is 0 Å². The molecule has 1 aliphatic heterocycles. The highest BCUT2D eigenvalue weighted by atomic mass is 16.3. The van der Waals surface area contributed by atoms with Crippen molar-refractivity contribution in [2.24, 2.45) is 0 Å². The Morgan fingerprint density at radius 2 is 1.93 bits per heavy atom. The molecule has 0 spiro atoms. The van der Waals surface area contributed by atoms with Gasteiger partial charge in [0.15, 0.2) is 0 Å². The number of Topliss-reactive ketones (excluding diaryl/α,β-unsaturated/α-hetero) is 1. The second kappa shape index (κ2) is 4.41. The van der Waals surface area contributed by atoms with E-state index in [-0.39, 0.29) is 6.10 Å². The molecule has 0 aromatic rings. The molecule has 0 unspecified atom stereocenters. The van der Waals surface area contributed by atoms with E-state index in [9.17, 15) is 9.90 Å². The lowest BCUT2D eigenvalue weighted by Crippen LogP contribution is -2.46. The molecule has 1 saturated heterocycles. The number of carbonyl (C=O) groups excluding carboxylic acids is 1. The van der Waals surface area contributed by atoms with Crippen LogP contribution in [0.1, 0.15) is 38.5 Å². The third kappa shape index (κ3) is 2.34. The van der Waals surface area contributed by atoms with Crippen molar-refractivity contribution in [2.75, 3.05) is 13.1 Å². The standard InChI is InChI=1S/C11H19NO2/c13-10-5-3-9(4-6-10)12-7-1-2-11(14)8-12/h9,11,14H,1-8H2/t11-/m0/s1. The third-order valence-electron chi connectivity index (χ3n) is 3.46. The highest BCUT2D eigenvalue weighted by Crippen LogP contribution is 2.23. The number of carbonyl (C=O) groups is 1. The van der Waals surface area contributed by atoms with Gasteiger partial charge in [0, 0.05) is 25.4 Å². The molecule has 3 nitrogen and oxygen atoms in total. The minimum absolute atomic E-state index is 0.138. The van der Waals surface area contributed by atoms with Crippen LogP contribution in [-0.2, 0) is 4.79 Å². The van der Waals surface area contributed by atoms with Gasteiger partial charge in [-0.25, -0.2) is 0 Å². The minimum Gasteiger partial charge on any atom is -0.392 e. The zero-order chi connectivity index (χ0) is 9.97. The van der Waals surface area contributed by atoms with E-state index in [1.54, 1.807) is 0 Å². The smallest absolute Gasteiger partial charge is 0.133 e. The quantitative estimate of drug-likeness (QED) is 0.680. The third-order valence-corrected chi connectivity index (χ3v) is 3.46. The number of rotatable bonds is 1. The summed E-state index contributed by atoms with van der Waals surface area (Å²) in [6, 6.07) is 0.558. The van der Waals surface area contributed by atoms with Crippen molar-refractivity contribution >= 4 is 5.78 Å². The molecule has 2 fully saturated rings. The molecule has 14 heavy (non-hydrogen) atoms. The van der Waals surface area contributed by atoms with Gasteiger partial charge in [-0.15, -0.1) is 0 Å². The first kappa shape index (κ1) is 10.1. The number of hydrogen-bond acceptors (Lipinski definition) is 3. The Labute approximate surface area is 85.1 Å². The first-order valence-electron chi connectivity index (χ1n) is 5.69. The maximum atomic E-state index is 11.1. The van der Waals surface area contributed by atoms with E-state index in [0.717, 1.165) is 51.6 Å². The number of nitrogens with zero attached hydrogens (tertiary/aromatic N) is 1. The zero-order valence-electron chi connectivity index (χ0n) is 8.61. The van der Waals surface area contributed by atoms with Gasteiger partial charge in [0.25, 0.3) is 0 Å². The molecular weight excluding hydrogens is 178 g/mol. The molecule has 0 aromatic heterocycles. The van der Waals surface area contributed by atoms with Gasteiger partial charge in [0.05, 0.1) is 6.10 Å². The fourth-order valence-corrected chi connectivity index (χ4v) is 2.60. The Bertz CT molecular complexity index is 207. The van der Waals surface area contributed by atoms with Crippen molar-refractivity contribution in [3.63, 3.8) is 0 Å². The van der Waals surface area contributed by atoms with Gasteiger partial charge in [-0.3, -0.25) is 9.69 Å². The second-order valence-corrected chi connectivity index (χ2v) is 4.56. The van der Waals surface area contributed by atoms with Crippen molar-refractivity contribution in [1.82, 2.24) is 4.90 Å². The van der Waals surface area contributed by atoms with E-state index < -0.39 is 0 Å². The first-order valence-corrected chi connectivity index (χ1v) is 5.69. The lowest BCUT2D eigenvalue weighted by molar-refractivity contribution is -0.121. The summed E-state index contributed by atoms with van der Waals surface area (Å²) in [5.74, 6) is 0.416. The highest BCUT2D eigenvalue weighted by Gasteiger charge is 2.27. The van der Waals surface area contributed by atoms with E-state index in [2.05, 4.69) is 4.90 Å². The average molecular weight is 197 g/mol. The number of piperidine rings is 1. The van der Waals surface area contributed by atoms with Crippen LogP contribution in [0.25, 0.3) is 0 Å². The number of ketones is 1. The summed E-state index contributed by atoms with van der Waals surface area (Å²) in [6.45, 7) is 1.93. The Morgan fingerprint density at radius 3 is 2.57 bits per heavy atom. The molecule has 2 aliphatic rings. The molecule has 3 heteroatoms. The molecule has 0 bridgehead atoms. The molecular formula is C11H19NO2. The van der Waals surface area contributed by atoms with Gasteiger partial charge in [-0.2, -0.15) is 0 Å². The van der Waals surface area contributed by atoms with Crippen LogP contribution < -0.4 is 0 Å². The van der Waals surface area contributed by atoms with E-state index in [4.69, 9.17) is 0 Å². The molecule has 1 N–H and O–H groups in total. The highest BCUT2D eigenvalue weighted by molar-refractivity contribution is 5.79. The lowest BCUT2D eigenvalue weighted by atomic mass is 9.91. The molecule has 80 valence electrons. The first-order chi connectivity index (χ1) is 6.75. The second-order valence-electron chi connectivity index (χ2n) is 4.56. The Balaban J connectivity index is 1.85. The largest absolute Gasteiger partial charge is 0.392 e. The van der Waals surface area contributed by atoms with Crippen LogP contribution in [0, 0.1) is 0 Å². The summed E-state index contributed by atoms with van der Waals surface area (Å²) in [5.41, 5.74) is 0. The van der Waals surface area contributed by atoms with Crippen LogP contribution in [0.3, 0.4) is 0 Å². The van der Waals surface area contributed by atoms with Gasteiger partial charge in [-0.1, -0.05) is 0 Å². The topological polar surface area (TPSA) is 40.5 Å². The fourth-order valence-electron chi connectivity index (χ4n) is 2.60. The number of likely N-dealkylation sites (tertiary alicyclic amines) is 1. The van der Waals surface area contributed by atoms with Gasteiger partial charge in [0.2, 0.25) is 0 Å². The number of aliphatic hydroxyl groups is 1. The van der Waals surface area contributed by atoms with E-state index in [1.165, 1.54) is 0 Å². The van der Waals surface area contributed by atoms with Gasteiger partial charge in [0.1, 0.15) is 5.78 Å². The van der Waals surface area contributed by atoms with E-state index >= 15 is 0 Å². The molecule has 1 aliphatic carbocycles. The predicted octanol–water partition coefficient (Wildman–Crippen LogP) is 0.955. The van der Waals surface area contributed by atoms with Crippen molar-refractivity contribution in [3.05, 3.63) is 0 Å². The van der Waals surface area contributed by atoms with Crippen LogP contribution in [-0.4, -0.2) is 41.0 Å². The summed E-state index contributed by atoms with van der Waals surface area (Å²) in [5, 5.41) is 9.55. The van der Waals surface area contributed by atoms with Gasteiger partial charge >= 0.3 is 0 Å². The Morgan fingerprint density at radius 1 is 1.21 bits per heavy atom. The van der Waals surface area contributed by atoms with Crippen LogP contribution in [0.4, 0.5) is 0 Å². The molecule has 1 heterocycles. The van der Waals surface area contributed by atoms with E-state index in [1.807, 2.05) is 0 Å². The molecule has 0 aromatic carbocycles. The summed E-state index contributed by atoms with van der Waals surface area (Å²) < 4.78 is 0. The number of aliphatic hydroxyl groups excluding tert-OH is 1. The van der Waals surface area contributed by atoms with Crippen molar-refractivity contribution < 1.29 is 9.90 Å². The van der Waals surface area contributed by atoms with Crippen molar-refractivity contribution in [3.8, 4) is 0 Å². The zero-order valence-corrected chi connectivity index (χ0v) is 8.61. The predicted molar refractivity (Wildman–Crippen MR) is 54.1 cm³/mol. The maximum absolute atomic E-state index is 11.1. The van der Waals surface area contributed by atoms with Crippen molar-refractivity contribution in [2.45, 2.75) is 50.7 Å². The monoisotopic (exact) mass is 197 g/mol. The maximum Gasteiger partial charge on any atom is 0.133 e. The Hall–Kier alpha value is -0.410. The molecule has 1 saturated carbocycles. The molecule has 0 amide bonds. The molecule has 2 rings (SSSR count). The molecule has 0 radical (unpaired) electrons. The summed E-state index contributed by atoms with van der Waals surface area (Å²) in [6.07, 6.45) is 5.42. The number of hydrogen-bond donors (Lipinski definition) is 1. The van der Waals surface area contributed by atoms with Crippen LogP contribution in [0.5, 0.6) is 0 Å². The van der Waals surface area contributed by atoms with Crippen LogP contribution >= 0.6 is 0 Å². The average Bonchev–Trinajstić information content (AvgIpc) is 2.19. The summed E-state index contributed by atoms with van der Waals surface area (Å²) in [7, 11) is 0. The van der Waals surface area contributed by atoms with Crippen LogP contribution in [0.2, 0.25) is 0 Å². The van der Waals surface area contributed by atoms with Crippen LogP contribution in [0.15, 0.2) is 0 Å². The van der Waals surface area contributed by atoms with E-state index in [0.29, 0.717) is 11.8 Å². The SMILES string of the molecule is O=C1CCC(N2CCC[C@H](O)C2)CC1. The summed E-state index contributed by atoms with van der Waals surface area (Å²) in [4.78, 5) is 13.5. The lowest BCUT2D eigenvalue weighted by Gasteiger charge is -2.38. The normalized spacial score (nSPS) is 32.1. The Kier molecular flexibility index (Phi) is 3.19. The molecule has 1 atom stereocenters. The summed E-state index contributed by atoms with van der Waals surface area (Å²) >= 11 is 0.